The van der Waals surface area contributed by atoms with Gasteiger partial charge in [-0.15, -0.1) is 0 Å². The monoisotopic (exact) mass is 395 g/mol. The van der Waals surface area contributed by atoms with Gasteiger partial charge in [0, 0.05) is 12.7 Å². The summed E-state index contributed by atoms with van der Waals surface area (Å²) in [5.74, 6) is -2.29. The molecule has 1 aromatic carbocycles. The Kier molecular flexibility index (Phi) is 5.71. The van der Waals surface area contributed by atoms with Crippen molar-refractivity contribution >= 4 is 23.2 Å². The predicted molar refractivity (Wildman–Crippen MR) is 84.7 cm³/mol. The molecule has 2 rings (SSSR count). The van der Waals surface area contributed by atoms with Crippen molar-refractivity contribution in [3.63, 3.8) is 0 Å². The van der Waals surface area contributed by atoms with Crippen molar-refractivity contribution in [1.82, 2.24) is 5.32 Å². The highest BCUT2D eigenvalue weighted by atomic mass is 19.4. The zero-order valence-corrected chi connectivity index (χ0v) is 13.9. The van der Waals surface area contributed by atoms with Gasteiger partial charge in [-0.2, -0.15) is 26.3 Å². The number of nitrogens with one attached hydrogen (secondary N) is 3. The van der Waals surface area contributed by atoms with Crippen molar-refractivity contribution in [2.45, 2.75) is 32.1 Å². The summed E-state index contributed by atoms with van der Waals surface area (Å²) in [7, 11) is 0. The molecular formula is C16H15F6N3O2. The van der Waals surface area contributed by atoms with Crippen molar-refractivity contribution in [1.29, 1.82) is 0 Å². The number of amides is 2. The molecule has 0 bridgehead atoms. The number of alkyl halides is 6. The van der Waals surface area contributed by atoms with Gasteiger partial charge in [0.15, 0.2) is 0 Å². The number of hydrogen-bond acceptors (Lipinski definition) is 3. The molecule has 0 aliphatic carbocycles. The molecule has 1 aromatic rings. The molecule has 1 heterocycles. The second kappa shape index (κ2) is 7.49. The molecule has 11 heteroatoms. The molecule has 148 valence electrons. The van der Waals surface area contributed by atoms with E-state index in [0.29, 0.717) is 19.0 Å². The van der Waals surface area contributed by atoms with E-state index in [2.05, 4.69) is 5.32 Å². The maximum absolute atomic E-state index is 13.2. The van der Waals surface area contributed by atoms with E-state index in [1.54, 1.807) is 0 Å². The summed E-state index contributed by atoms with van der Waals surface area (Å²) in [4.78, 5) is 24.3. The average Bonchev–Trinajstić information content (AvgIpc) is 2.64. The van der Waals surface area contributed by atoms with Crippen LogP contribution in [0.1, 0.15) is 30.9 Å². The quantitative estimate of drug-likeness (QED) is 0.314. The first-order chi connectivity index (χ1) is 12.4. The van der Waals surface area contributed by atoms with Crippen LogP contribution < -0.4 is 16.0 Å². The summed E-state index contributed by atoms with van der Waals surface area (Å²) in [5, 5.41) is 6.48. The lowest BCUT2D eigenvalue weighted by atomic mass is 10.1. The Labute approximate surface area is 149 Å². The third kappa shape index (κ3) is 4.72. The van der Waals surface area contributed by atoms with Gasteiger partial charge in [0.05, 0.1) is 22.5 Å². The van der Waals surface area contributed by atoms with Crippen LogP contribution in [0.15, 0.2) is 23.9 Å². The van der Waals surface area contributed by atoms with Crippen LogP contribution in [0.3, 0.4) is 0 Å². The average molecular weight is 395 g/mol. The maximum Gasteiger partial charge on any atom is 0.418 e. The number of anilines is 2. The van der Waals surface area contributed by atoms with Crippen molar-refractivity contribution in [3.8, 4) is 0 Å². The fraction of sp³-hybridized carbons (Fsp3) is 0.375. The minimum absolute atomic E-state index is 0.112. The van der Waals surface area contributed by atoms with Crippen LogP contribution in [0.4, 0.5) is 37.7 Å². The fourth-order valence-corrected chi connectivity index (χ4v) is 2.32. The van der Waals surface area contributed by atoms with Gasteiger partial charge in [-0.25, -0.2) is 0 Å². The number of benzene rings is 1. The Morgan fingerprint density at radius 3 is 2.19 bits per heavy atom. The predicted octanol–water partition coefficient (Wildman–Crippen LogP) is 3.89. The third-order valence-electron chi connectivity index (χ3n) is 3.67. The molecule has 0 unspecified atom stereocenters. The molecule has 0 aromatic heterocycles. The topological polar surface area (TPSA) is 70.2 Å². The van der Waals surface area contributed by atoms with Gasteiger partial charge in [-0.3, -0.25) is 9.59 Å². The molecule has 1 aliphatic rings. The number of rotatable bonds is 4. The molecule has 27 heavy (non-hydrogen) atoms. The van der Waals surface area contributed by atoms with Crippen LogP contribution in [0.5, 0.6) is 0 Å². The van der Waals surface area contributed by atoms with E-state index >= 15 is 0 Å². The minimum atomic E-state index is -5.18. The molecule has 0 spiro atoms. The summed E-state index contributed by atoms with van der Waals surface area (Å²) in [6.07, 6.45) is -7.72. The Morgan fingerprint density at radius 2 is 1.63 bits per heavy atom. The van der Waals surface area contributed by atoms with Crippen molar-refractivity contribution in [2.75, 3.05) is 17.2 Å². The maximum atomic E-state index is 13.2. The van der Waals surface area contributed by atoms with Gasteiger partial charge in [0.25, 0.3) is 11.8 Å². The van der Waals surface area contributed by atoms with Gasteiger partial charge >= 0.3 is 12.4 Å². The second-order valence-electron chi connectivity index (χ2n) is 5.72. The van der Waals surface area contributed by atoms with E-state index in [4.69, 9.17) is 0 Å². The number of hydrogen-bond donors (Lipinski definition) is 3. The molecule has 0 radical (unpaired) electrons. The summed E-state index contributed by atoms with van der Waals surface area (Å²) in [5.41, 5.74) is -5.58. The fourth-order valence-electron chi connectivity index (χ4n) is 2.32. The van der Waals surface area contributed by atoms with Gasteiger partial charge in [0.2, 0.25) is 0 Å². The Morgan fingerprint density at radius 1 is 1.00 bits per heavy atom. The standard InChI is InChI=1S/C16H15F6N3O2/c1-2-3-4-23-7-9-13(26)24-11-6-8(15(17,18)19)5-10(16(20,21)22)12(11)25-14(9)27/h5-7,23H,2-4H2,1H3,(H,24,26)(H,25,27). The first kappa shape index (κ1) is 20.6. The number of carbonyl (C=O) groups excluding carboxylic acids is 2. The highest BCUT2D eigenvalue weighted by Crippen LogP contribution is 2.44. The molecular weight excluding hydrogens is 380 g/mol. The third-order valence-corrected chi connectivity index (χ3v) is 3.67. The van der Waals surface area contributed by atoms with Crippen LogP contribution in [0, 0.1) is 0 Å². The highest BCUT2D eigenvalue weighted by Gasteiger charge is 2.41. The lowest BCUT2D eigenvalue weighted by Crippen LogP contribution is -2.24. The van der Waals surface area contributed by atoms with E-state index in [1.165, 1.54) is 0 Å². The minimum Gasteiger partial charge on any atom is -0.390 e. The van der Waals surface area contributed by atoms with Crippen LogP contribution >= 0.6 is 0 Å². The lowest BCUT2D eigenvalue weighted by molar-refractivity contribution is -0.142. The molecule has 0 saturated heterocycles. The van der Waals surface area contributed by atoms with Crippen LogP contribution in [-0.4, -0.2) is 18.4 Å². The first-order valence-corrected chi connectivity index (χ1v) is 7.83. The van der Waals surface area contributed by atoms with E-state index in [1.807, 2.05) is 17.6 Å². The number of unbranched alkanes of at least 4 members (excludes halogenated alkanes) is 1. The van der Waals surface area contributed by atoms with E-state index in [-0.39, 0.29) is 6.07 Å². The molecule has 2 amide bonds. The largest absolute Gasteiger partial charge is 0.418 e. The smallest absolute Gasteiger partial charge is 0.390 e. The molecule has 1 aliphatic heterocycles. The normalized spacial score (nSPS) is 16.5. The lowest BCUT2D eigenvalue weighted by Gasteiger charge is -2.18. The summed E-state index contributed by atoms with van der Waals surface area (Å²) < 4.78 is 78.5. The number of halogens is 6. The second-order valence-corrected chi connectivity index (χ2v) is 5.72. The zero-order chi connectivity index (χ0) is 20.4. The molecule has 0 atom stereocenters. The van der Waals surface area contributed by atoms with Gasteiger partial charge in [0.1, 0.15) is 5.57 Å². The summed E-state index contributed by atoms with van der Waals surface area (Å²) >= 11 is 0. The van der Waals surface area contributed by atoms with E-state index in [0.717, 1.165) is 12.6 Å². The summed E-state index contributed by atoms with van der Waals surface area (Å²) in [6.45, 7) is 2.30. The zero-order valence-electron chi connectivity index (χ0n) is 13.9. The highest BCUT2D eigenvalue weighted by molar-refractivity contribution is 6.29. The number of carbonyl (C=O) groups is 2. The Bertz CT molecular complexity index is 784. The first-order valence-electron chi connectivity index (χ1n) is 7.83. The van der Waals surface area contributed by atoms with Gasteiger partial charge in [-0.05, 0) is 18.6 Å². The summed E-state index contributed by atoms with van der Waals surface area (Å²) in [6, 6.07) is 0.232. The van der Waals surface area contributed by atoms with Crippen molar-refractivity contribution in [2.24, 2.45) is 0 Å². The van der Waals surface area contributed by atoms with Gasteiger partial charge in [-0.1, -0.05) is 13.3 Å². The number of fused-ring (bicyclic) bond motifs is 1. The van der Waals surface area contributed by atoms with Gasteiger partial charge < -0.3 is 16.0 Å². The van der Waals surface area contributed by atoms with Crippen LogP contribution in [-0.2, 0) is 21.9 Å². The Hall–Kier alpha value is -2.72. The van der Waals surface area contributed by atoms with Crippen molar-refractivity contribution in [3.05, 3.63) is 35.0 Å². The van der Waals surface area contributed by atoms with E-state index in [9.17, 15) is 35.9 Å². The van der Waals surface area contributed by atoms with Crippen LogP contribution in [0.25, 0.3) is 0 Å². The van der Waals surface area contributed by atoms with E-state index < -0.39 is 52.2 Å². The molecule has 5 nitrogen and oxygen atoms in total. The molecule has 0 fully saturated rings. The van der Waals surface area contributed by atoms with Crippen LogP contribution in [0.2, 0.25) is 0 Å². The Balaban J connectivity index is 2.51. The molecule has 0 saturated carbocycles. The van der Waals surface area contributed by atoms with Crippen molar-refractivity contribution < 1.29 is 35.9 Å². The SMILES string of the molecule is CCCCNC=C1C(=O)Nc2cc(C(F)(F)F)cc(C(F)(F)F)c2NC1=O. The molecule has 3 N–H and O–H groups in total.